The molecule has 116 valence electrons. The maximum absolute atomic E-state index is 12.3. The number of hydrogen-bond donors (Lipinski definition) is 1. The molecule has 1 N–H and O–H groups in total. The molecule has 0 aromatic heterocycles. The molecule has 0 saturated heterocycles. The van der Waals surface area contributed by atoms with Crippen molar-refractivity contribution in [2.24, 2.45) is 0 Å². The molecule has 0 aliphatic rings. The highest BCUT2D eigenvalue weighted by Gasteiger charge is 2.19. The van der Waals surface area contributed by atoms with Gasteiger partial charge in [0.05, 0.1) is 17.8 Å². The van der Waals surface area contributed by atoms with E-state index in [-0.39, 0.29) is 5.91 Å². The molecule has 2 aromatic carbocycles. The van der Waals surface area contributed by atoms with Crippen molar-refractivity contribution >= 4 is 23.2 Å². The number of halogens is 1. The van der Waals surface area contributed by atoms with Crippen LogP contribution in [0.4, 0.5) is 5.69 Å². The fraction of sp³-hybridized carbons (Fsp3) is 0.235. The van der Waals surface area contributed by atoms with E-state index in [0.717, 1.165) is 5.75 Å². The van der Waals surface area contributed by atoms with Gasteiger partial charge in [-0.05, 0) is 42.8 Å². The van der Waals surface area contributed by atoms with E-state index in [2.05, 4.69) is 5.32 Å². The van der Waals surface area contributed by atoms with Crippen molar-refractivity contribution in [1.82, 2.24) is 0 Å². The number of para-hydroxylation sites is 1. The molecule has 0 saturated carbocycles. The largest absolute Gasteiger partial charge is 0.497 e. The number of benzene rings is 2. The van der Waals surface area contributed by atoms with E-state index >= 15 is 0 Å². The highest BCUT2D eigenvalue weighted by atomic mass is 35.5. The number of rotatable bonds is 6. The van der Waals surface area contributed by atoms with Gasteiger partial charge in [0.2, 0.25) is 0 Å². The lowest BCUT2D eigenvalue weighted by Gasteiger charge is -2.18. The monoisotopic (exact) mass is 319 g/mol. The van der Waals surface area contributed by atoms with Crippen LogP contribution in [0.15, 0.2) is 48.5 Å². The fourth-order valence-corrected chi connectivity index (χ4v) is 2.10. The zero-order valence-electron chi connectivity index (χ0n) is 12.5. The minimum atomic E-state index is -0.593. The molecule has 22 heavy (non-hydrogen) atoms. The molecule has 0 aliphatic heterocycles. The Labute approximate surface area is 135 Å². The predicted octanol–water partition coefficient (Wildman–Crippen LogP) is 4.14. The second-order valence-corrected chi connectivity index (χ2v) is 5.07. The van der Waals surface area contributed by atoms with Gasteiger partial charge in [-0.25, -0.2) is 0 Å². The van der Waals surface area contributed by atoms with Crippen LogP contribution in [0.1, 0.15) is 13.3 Å². The van der Waals surface area contributed by atoms with E-state index in [1.54, 1.807) is 43.5 Å². The van der Waals surface area contributed by atoms with Gasteiger partial charge in [0.15, 0.2) is 6.10 Å². The second kappa shape index (κ2) is 7.71. The molecule has 2 rings (SSSR count). The van der Waals surface area contributed by atoms with E-state index in [1.807, 2.05) is 19.1 Å². The average molecular weight is 320 g/mol. The molecule has 0 fully saturated rings. The lowest BCUT2D eigenvalue weighted by atomic mass is 10.2. The second-order valence-electron chi connectivity index (χ2n) is 4.66. The molecule has 0 spiro atoms. The quantitative estimate of drug-likeness (QED) is 0.870. The van der Waals surface area contributed by atoms with Gasteiger partial charge in [-0.3, -0.25) is 4.79 Å². The number of carbonyl (C=O) groups excluding carboxylic acids is 1. The molecule has 5 heteroatoms. The standard InChI is InChI=1S/C17H18ClNO3/c1-3-16(22-13-10-8-12(21-2)9-11-13)17(20)19-15-7-5-4-6-14(15)18/h4-11,16H,3H2,1-2H3,(H,19,20)/t16-/m0/s1. The summed E-state index contributed by atoms with van der Waals surface area (Å²) in [6.07, 6.45) is -0.0489. The molecule has 0 bridgehead atoms. The Hall–Kier alpha value is -2.20. The maximum Gasteiger partial charge on any atom is 0.265 e. The molecule has 0 radical (unpaired) electrons. The highest BCUT2D eigenvalue weighted by molar-refractivity contribution is 6.33. The summed E-state index contributed by atoms with van der Waals surface area (Å²) in [4.78, 5) is 12.3. The van der Waals surface area contributed by atoms with Crippen molar-refractivity contribution in [3.8, 4) is 11.5 Å². The SMILES string of the molecule is CC[C@H](Oc1ccc(OC)cc1)C(=O)Nc1ccccc1Cl. The van der Waals surface area contributed by atoms with Crippen molar-refractivity contribution in [1.29, 1.82) is 0 Å². The summed E-state index contributed by atoms with van der Waals surface area (Å²) < 4.78 is 10.8. The number of anilines is 1. The van der Waals surface area contributed by atoms with E-state index in [1.165, 1.54) is 0 Å². The summed E-state index contributed by atoms with van der Waals surface area (Å²) in [7, 11) is 1.60. The Balaban J connectivity index is 2.03. The summed E-state index contributed by atoms with van der Waals surface area (Å²) in [6.45, 7) is 1.89. The van der Waals surface area contributed by atoms with Gasteiger partial charge in [0, 0.05) is 0 Å². The summed E-state index contributed by atoms with van der Waals surface area (Å²) in [5.74, 6) is 1.12. The normalized spacial score (nSPS) is 11.6. The molecule has 0 aliphatic carbocycles. The Morgan fingerprint density at radius 1 is 1.14 bits per heavy atom. The molecule has 1 amide bonds. The third-order valence-corrected chi connectivity index (χ3v) is 3.46. The molecule has 0 unspecified atom stereocenters. The van der Waals surface area contributed by atoms with Crippen LogP contribution in [0.2, 0.25) is 5.02 Å². The number of nitrogens with one attached hydrogen (secondary N) is 1. The van der Waals surface area contributed by atoms with E-state index in [9.17, 15) is 4.79 Å². The van der Waals surface area contributed by atoms with Crippen LogP contribution < -0.4 is 14.8 Å². The lowest BCUT2D eigenvalue weighted by Crippen LogP contribution is -2.32. The van der Waals surface area contributed by atoms with Gasteiger partial charge in [0.25, 0.3) is 5.91 Å². The van der Waals surface area contributed by atoms with Crippen molar-refractivity contribution in [2.75, 3.05) is 12.4 Å². The van der Waals surface area contributed by atoms with Crippen molar-refractivity contribution in [3.63, 3.8) is 0 Å². The van der Waals surface area contributed by atoms with Crippen LogP contribution in [-0.4, -0.2) is 19.1 Å². The smallest absolute Gasteiger partial charge is 0.265 e. The number of amides is 1. The van der Waals surface area contributed by atoms with Gasteiger partial charge in [-0.15, -0.1) is 0 Å². The van der Waals surface area contributed by atoms with Gasteiger partial charge in [0.1, 0.15) is 11.5 Å². The number of hydrogen-bond acceptors (Lipinski definition) is 3. The third kappa shape index (κ3) is 4.15. The molecular formula is C17H18ClNO3. The summed E-state index contributed by atoms with van der Waals surface area (Å²) in [6, 6.07) is 14.2. The minimum Gasteiger partial charge on any atom is -0.497 e. The van der Waals surface area contributed by atoms with E-state index in [0.29, 0.717) is 22.9 Å². The molecule has 2 aromatic rings. The van der Waals surface area contributed by atoms with E-state index in [4.69, 9.17) is 21.1 Å². The Morgan fingerprint density at radius 3 is 2.36 bits per heavy atom. The van der Waals surface area contributed by atoms with Crippen LogP contribution in [0, 0.1) is 0 Å². The van der Waals surface area contributed by atoms with Gasteiger partial charge < -0.3 is 14.8 Å². The average Bonchev–Trinajstić information content (AvgIpc) is 2.55. The Morgan fingerprint density at radius 2 is 1.77 bits per heavy atom. The Bertz CT molecular complexity index is 628. The number of carbonyl (C=O) groups is 1. The minimum absolute atomic E-state index is 0.230. The van der Waals surface area contributed by atoms with Gasteiger partial charge >= 0.3 is 0 Å². The number of ether oxygens (including phenoxy) is 2. The number of methoxy groups -OCH3 is 1. The molecule has 0 heterocycles. The predicted molar refractivity (Wildman–Crippen MR) is 87.8 cm³/mol. The first-order valence-electron chi connectivity index (χ1n) is 7.00. The molecule has 4 nitrogen and oxygen atoms in total. The summed E-state index contributed by atoms with van der Waals surface area (Å²) in [5.41, 5.74) is 0.575. The molecular weight excluding hydrogens is 302 g/mol. The van der Waals surface area contributed by atoms with Crippen molar-refractivity contribution in [2.45, 2.75) is 19.4 Å². The van der Waals surface area contributed by atoms with Crippen LogP contribution in [0.3, 0.4) is 0 Å². The first-order chi connectivity index (χ1) is 10.6. The van der Waals surface area contributed by atoms with Gasteiger partial charge in [-0.1, -0.05) is 30.7 Å². The van der Waals surface area contributed by atoms with Gasteiger partial charge in [-0.2, -0.15) is 0 Å². The highest BCUT2D eigenvalue weighted by Crippen LogP contribution is 2.22. The van der Waals surface area contributed by atoms with Crippen LogP contribution in [-0.2, 0) is 4.79 Å². The topological polar surface area (TPSA) is 47.6 Å². The third-order valence-electron chi connectivity index (χ3n) is 3.13. The van der Waals surface area contributed by atoms with Crippen LogP contribution in [0.5, 0.6) is 11.5 Å². The van der Waals surface area contributed by atoms with Crippen LogP contribution >= 0.6 is 11.6 Å². The zero-order valence-corrected chi connectivity index (χ0v) is 13.3. The summed E-state index contributed by atoms with van der Waals surface area (Å²) >= 11 is 6.04. The zero-order chi connectivity index (χ0) is 15.9. The molecule has 1 atom stereocenters. The first kappa shape index (κ1) is 16.2. The van der Waals surface area contributed by atoms with Crippen molar-refractivity contribution in [3.05, 3.63) is 53.6 Å². The van der Waals surface area contributed by atoms with Crippen LogP contribution in [0.25, 0.3) is 0 Å². The lowest BCUT2D eigenvalue weighted by molar-refractivity contribution is -0.122. The first-order valence-corrected chi connectivity index (χ1v) is 7.38. The summed E-state index contributed by atoms with van der Waals surface area (Å²) in [5, 5.41) is 3.28. The van der Waals surface area contributed by atoms with E-state index < -0.39 is 6.10 Å². The fourth-order valence-electron chi connectivity index (χ4n) is 1.92. The maximum atomic E-state index is 12.3. The van der Waals surface area contributed by atoms with Crippen molar-refractivity contribution < 1.29 is 14.3 Å². The Kier molecular flexibility index (Phi) is 5.67.